The van der Waals surface area contributed by atoms with Gasteiger partial charge < -0.3 is 19.8 Å². The van der Waals surface area contributed by atoms with Crippen LogP contribution in [-0.4, -0.2) is 99.1 Å². The number of hydrogen-bond acceptors (Lipinski definition) is 8. The van der Waals surface area contributed by atoms with Crippen LogP contribution in [0.3, 0.4) is 0 Å². The van der Waals surface area contributed by atoms with Gasteiger partial charge in [-0.2, -0.15) is 26.3 Å². The number of likely N-dealkylation sites (tertiary alicyclic amines) is 1. The third-order valence-corrected chi connectivity index (χ3v) is 5.77. The smallest absolute Gasteiger partial charge is 0.475 e. The van der Waals surface area contributed by atoms with E-state index >= 15 is 0 Å². The molecule has 2 aromatic rings. The molecule has 0 aromatic carbocycles. The van der Waals surface area contributed by atoms with Crippen LogP contribution >= 0.6 is 11.3 Å². The van der Waals surface area contributed by atoms with E-state index in [1.807, 2.05) is 34.8 Å². The van der Waals surface area contributed by atoms with Gasteiger partial charge in [0.15, 0.2) is 0 Å². The normalized spacial score (nSPS) is 19.7. The maximum Gasteiger partial charge on any atom is 0.490 e. The van der Waals surface area contributed by atoms with Crippen molar-refractivity contribution in [3.63, 3.8) is 0 Å². The Hall–Kier alpha value is -3.31. The maximum absolute atomic E-state index is 12.6. The molecule has 4 rings (SSSR count). The van der Waals surface area contributed by atoms with E-state index in [-0.39, 0.29) is 12.0 Å². The van der Waals surface area contributed by atoms with Gasteiger partial charge in [-0.3, -0.25) is 14.7 Å². The quantitative estimate of drug-likeness (QED) is 0.533. The van der Waals surface area contributed by atoms with E-state index in [0.717, 1.165) is 26.2 Å². The Kier molecular flexibility index (Phi) is 11.0. The summed E-state index contributed by atoms with van der Waals surface area (Å²) >= 11 is 1.46. The lowest BCUT2D eigenvalue weighted by molar-refractivity contribution is -0.193. The number of carbonyl (C=O) groups excluding carboxylic acids is 1. The molecule has 17 heteroatoms. The first-order chi connectivity index (χ1) is 17.7. The number of carboxylic acids is 2. The lowest BCUT2D eigenvalue weighted by Crippen LogP contribution is -2.37. The van der Waals surface area contributed by atoms with Crippen molar-refractivity contribution in [1.29, 1.82) is 0 Å². The van der Waals surface area contributed by atoms with Gasteiger partial charge in [-0.1, -0.05) is 0 Å². The van der Waals surface area contributed by atoms with E-state index in [0.29, 0.717) is 24.8 Å². The number of carboxylic acid groups (broad SMARTS) is 2. The van der Waals surface area contributed by atoms with Gasteiger partial charge in [0.05, 0.1) is 18.2 Å². The molecule has 2 N–H and O–H groups in total. The number of halogens is 6. The summed E-state index contributed by atoms with van der Waals surface area (Å²) < 4.78 is 69.5. The molecule has 0 bridgehead atoms. The van der Waals surface area contributed by atoms with E-state index < -0.39 is 24.3 Å². The number of alkyl halides is 6. The van der Waals surface area contributed by atoms with Crippen LogP contribution < -0.4 is 0 Å². The first-order valence-corrected chi connectivity index (χ1v) is 11.6. The third-order valence-electron chi connectivity index (χ3n) is 5.18. The number of rotatable bonds is 3. The molecule has 38 heavy (non-hydrogen) atoms. The predicted molar refractivity (Wildman–Crippen MR) is 118 cm³/mol. The zero-order valence-corrected chi connectivity index (χ0v) is 20.2. The summed E-state index contributed by atoms with van der Waals surface area (Å²) in [6.07, 6.45) is -6.30. The highest BCUT2D eigenvalue weighted by Gasteiger charge is 2.39. The predicted octanol–water partition coefficient (Wildman–Crippen LogP) is 2.78. The van der Waals surface area contributed by atoms with Gasteiger partial charge in [-0.25, -0.2) is 14.6 Å². The van der Waals surface area contributed by atoms with Crippen molar-refractivity contribution in [1.82, 2.24) is 19.8 Å². The molecule has 10 nitrogen and oxygen atoms in total. The molecule has 0 saturated carbocycles. The summed E-state index contributed by atoms with van der Waals surface area (Å²) in [5.41, 5.74) is 3.51. The summed E-state index contributed by atoms with van der Waals surface area (Å²) in [6.45, 7) is 4.76. The molecular weight excluding hydrogens is 550 g/mol. The lowest BCUT2D eigenvalue weighted by Gasteiger charge is -2.23. The van der Waals surface area contributed by atoms with Crippen LogP contribution in [-0.2, 0) is 20.9 Å². The number of hydrogen-bond donors (Lipinski definition) is 2. The maximum atomic E-state index is 12.6. The number of aliphatic carboxylic acids is 2. The Balaban J connectivity index is 0.000000301. The average molecular weight is 572 g/mol. The number of aromatic nitrogens is 2. The number of fused-ring (bicyclic) bond motifs is 1. The van der Waals surface area contributed by atoms with Crippen molar-refractivity contribution < 1.29 is 55.7 Å². The summed E-state index contributed by atoms with van der Waals surface area (Å²) in [5, 5.41) is 16.1. The molecule has 2 fully saturated rings. The SMILES string of the molecule is O=C(O)C(F)(F)F.O=C(O)C(F)(F)F.O=C(c1cscn1)N1CCO[C@@H]2CN(Cc3ccncc3)C[C@@H]2C1. The highest BCUT2D eigenvalue weighted by atomic mass is 32.1. The topological polar surface area (TPSA) is 133 Å². The number of pyridine rings is 1. The van der Waals surface area contributed by atoms with Gasteiger partial charge in [-0.05, 0) is 17.7 Å². The van der Waals surface area contributed by atoms with E-state index in [4.69, 9.17) is 24.5 Å². The third kappa shape index (κ3) is 9.86. The average Bonchev–Trinajstić information content (AvgIpc) is 3.45. The van der Waals surface area contributed by atoms with Crippen LogP contribution in [0.4, 0.5) is 26.3 Å². The number of ether oxygens (including phenoxy) is 1. The highest BCUT2D eigenvalue weighted by molar-refractivity contribution is 7.07. The monoisotopic (exact) mass is 572 g/mol. The van der Waals surface area contributed by atoms with Crippen molar-refractivity contribution in [2.75, 3.05) is 32.8 Å². The first kappa shape index (κ1) is 30.9. The van der Waals surface area contributed by atoms with Gasteiger partial charge in [0.2, 0.25) is 0 Å². The summed E-state index contributed by atoms with van der Waals surface area (Å²) in [4.78, 5) is 42.9. The van der Waals surface area contributed by atoms with Gasteiger partial charge >= 0.3 is 24.3 Å². The Morgan fingerprint density at radius 1 is 1.00 bits per heavy atom. The molecule has 4 heterocycles. The van der Waals surface area contributed by atoms with Crippen LogP contribution in [0, 0.1) is 5.92 Å². The van der Waals surface area contributed by atoms with Crippen molar-refractivity contribution in [3.8, 4) is 0 Å². The van der Waals surface area contributed by atoms with E-state index in [9.17, 15) is 31.1 Å². The molecule has 2 aliphatic heterocycles. The molecule has 0 unspecified atom stereocenters. The summed E-state index contributed by atoms with van der Waals surface area (Å²) in [5.74, 6) is -5.13. The van der Waals surface area contributed by atoms with Crippen LogP contribution in [0.1, 0.15) is 16.1 Å². The van der Waals surface area contributed by atoms with Gasteiger partial charge in [0.1, 0.15) is 5.69 Å². The largest absolute Gasteiger partial charge is 0.490 e. The first-order valence-electron chi connectivity index (χ1n) is 10.7. The molecule has 2 aliphatic rings. The fourth-order valence-corrected chi connectivity index (χ4v) is 4.05. The Bertz CT molecular complexity index is 1030. The van der Waals surface area contributed by atoms with Crippen molar-refractivity contribution in [2.45, 2.75) is 25.0 Å². The second-order valence-electron chi connectivity index (χ2n) is 7.95. The minimum atomic E-state index is -5.08. The van der Waals surface area contributed by atoms with E-state index in [2.05, 4.69) is 14.9 Å². The molecule has 0 radical (unpaired) electrons. The molecule has 1 amide bonds. The number of thiazole rings is 1. The number of amides is 1. The Morgan fingerprint density at radius 2 is 1.58 bits per heavy atom. The van der Waals surface area contributed by atoms with Crippen LogP contribution in [0.2, 0.25) is 0 Å². The fraction of sp³-hybridized carbons (Fsp3) is 0.476. The molecule has 0 aliphatic carbocycles. The molecular formula is C21H22F6N4O6S. The standard InChI is InChI=1S/C17H20N4O2S.2C2HF3O2/c22-17(15-11-24-12-19-15)21-5-6-23-16-10-20(8-14(16)9-21)7-13-1-3-18-4-2-13;2*3-2(4,5)1(6)7/h1-4,11-12,14,16H,5-10H2;2*(H,6,7)/t14-,16-;;/m1../s1. The zero-order valence-electron chi connectivity index (χ0n) is 19.4. The lowest BCUT2D eigenvalue weighted by atomic mass is 10.1. The van der Waals surface area contributed by atoms with Gasteiger partial charge in [0.25, 0.3) is 5.91 Å². The van der Waals surface area contributed by atoms with Gasteiger partial charge in [0, 0.05) is 56.4 Å². The van der Waals surface area contributed by atoms with E-state index in [1.165, 1.54) is 16.9 Å². The van der Waals surface area contributed by atoms with Crippen LogP contribution in [0.25, 0.3) is 0 Å². The van der Waals surface area contributed by atoms with Crippen molar-refractivity contribution in [3.05, 3.63) is 46.7 Å². The molecule has 0 spiro atoms. The number of carbonyl (C=O) groups is 3. The van der Waals surface area contributed by atoms with Crippen molar-refractivity contribution in [2.24, 2.45) is 5.92 Å². The minimum absolute atomic E-state index is 0.0214. The van der Waals surface area contributed by atoms with Crippen LogP contribution in [0.15, 0.2) is 35.4 Å². The minimum Gasteiger partial charge on any atom is -0.475 e. The molecule has 210 valence electrons. The van der Waals surface area contributed by atoms with E-state index in [1.54, 1.807) is 5.51 Å². The summed E-state index contributed by atoms with van der Waals surface area (Å²) in [6, 6.07) is 4.10. The molecule has 2 saturated heterocycles. The Labute approximate surface area is 215 Å². The summed E-state index contributed by atoms with van der Waals surface area (Å²) in [7, 11) is 0. The van der Waals surface area contributed by atoms with Crippen LogP contribution in [0.5, 0.6) is 0 Å². The van der Waals surface area contributed by atoms with Gasteiger partial charge in [-0.15, -0.1) is 11.3 Å². The zero-order chi connectivity index (χ0) is 28.5. The second-order valence-corrected chi connectivity index (χ2v) is 8.67. The fourth-order valence-electron chi connectivity index (χ4n) is 3.52. The highest BCUT2D eigenvalue weighted by Crippen LogP contribution is 2.25. The Morgan fingerprint density at radius 3 is 2.08 bits per heavy atom. The molecule has 2 aromatic heterocycles. The number of nitrogens with zero attached hydrogens (tertiary/aromatic N) is 4. The second kappa shape index (κ2) is 13.5. The molecule has 2 atom stereocenters. The van der Waals surface area contributed by atoms with Crippen molar-refractivity contribution >= 4 is 29.2 Å².